The predicted octanol–water partition coefficient (Wildman–Crippen LogP) is 4.53. The van der Waals surface area contributed by atoms with Crippen LogP contribution in [0.1, 0.15) is 44.3 Å². The summed E-state index contributed by atoms with van der Waals surface area (Å²) in [5.41, 5.74) is 2.10. The van der Waals surface area contributed by atoms with Crippen LogP contribution >= 0.6 is 0 Å². The molecule has 2 aromatic heterocycles. The highest BCUT2D eigenvalue weighted by Crippen LogP contribution is 2.46. The standard InChI is InChI=1S/C25H28N4O5/c1-13-7-8-17(34-13)21-20-15(11-25(2,3)12-16(20)30)26-24-27-23(28-29(21)24)14-9-18(31-4)22(33-6)19(10-14)32-5/h7-10,21H,11-12H2,1-6H3,(H,26,27,28). The molecule has 1 atom stereocenters. The molecule has 1 aliphatic carbocycles. The average Bonchev–Trinajstić information content (AvgIpc) is 3.41. The highest BCUT2D eigenvalue weighted by molar-refractivity contribution is 6.00. The summed E-state index contributed by atoms with van der Waals surface area (Å²) < 4.78 is 24.2. The third kappa shape index (κ3) is 3.52. The number of nitrogens with one attached hydrogen (secondary N) is 1. The lowest BCUT2D eigenvalue weighted by atomic mass is 9.73. The largest absolute Gasteiger partial charge is 0.493 e. The summed E-state index contributed by atoms with van der Waals surface area (Å²) in [5.74, 6) is 4.02. The lowest BCUT2D eigenvalue weighted by Crippen LogP contribution is -2.36. The Morgan fingerprint density at radius 2 is 1.79 bits per heavy atom. The van der Waals surface area contributed by atoms with E-state index in [2.05, 4.69) is 19.2 Å². The zero-order valence-electron chi connectivity index (χ0n) is 20.2. The molecule has 1 aromatic carbocycles. The van der Waals surface area contributed by atoms with Gasteiger partial charge in [-0.15, -0.1) is 5.10 Å². The zero-order chi connectivity index (χ0) is 24.2. The van der Waals surface area contributed by atoms with Crippen molar-refractivity contribution in [3.8, 4) is 28.6 Å². The number of fused-ring (bicyclic) bond motifs is 1. The van der Waals surface area contributed by atoms with Gasteiger partial charge in [-0.3, -0.25) is 4.79 Å². The van der Waals surface area contributed by atoms with E-state index in [1.54, 1.807) is 38.1 Å². The Morgan fingerprint density at radius 1 is 1.09 bits per heavy atom. The topological polar surface area (TPSA) is 101 Å². The molecule has 0 radical (unpaired) electrons. The van der Waals surface area contributed by atoms with Crippen LogP contribution in [0.25, 0.3) is 11.4 Å². The molecular formula is C25H28N4O5. The monoisotopic (exact) mass is 464 g/mol. The molecule has 5 rings (SSSR count). The summed E-state index contributed by atoms with van der Waals surface area (Å²) in [6, 6.07) is 6.90. The van der Waals surface area contributed by atoms with E-state index in [-0.39, 0.29) is 11.2 Å². The molecule has 0 amide bonds. The van der Waals surface area contributed by atoms with E-state index in [4.69, 9.17) is 28.7 Å². The van der Waals surface area contributed by atoms with Crippen molar-refractivity contribution in [2.75, 3.05) is 26.6 Å². The number of hydrogen-bond acceptors (Lipinski definition) is 8. The molecule has 34 heavy (non-hydrogen) atoms. The number of ether oxygens (including phenoxy) is 3. The molecule has 1 aliphatic heterocycles. The van der Waals surface area contributed by atoms with E-state index in [9.17, 15) is 4.79 Å². The number of rotatable bonds is 5. The number of carbonyl (C=O) groups is 1. The molecule has 0 bridgehead atoms. The van der Waals surface area contributed by atoms with E-state index in [1.165, 1.54) is 0 Å². The molecule has 9 nitrogen and oxygen atoms in total. The first-order valence-corrected chi connectivity index (χ1v) is 11.1. The van der Waals surface area contributed by atoms with Crippen LogP contribution in [-0.2, 0) is 4.79 Å². The molecule has 3 aromatic rings. The van der Waals surface area contributed by atoms with Crippen LogP contribution in [0.5, 0.6) is 17.2 Å². The summed E-state index contributed by atoms with van der Waals surface area (Å²) in [7, 11) is 4.69. The first kappa shape index (κ1) is 22.1. The Labute approximate surface area is 197 Å². The van der Waals surface area contributed by atoms with E-state index in [1.807, 2.05) is 19.1 Å². The summed E-state index contributed by atoms with van der Waals surface area (Å²) in [5, 5.41) is 8.18. The van der Waals surface area contributed by atoms with E-state index in [0.717, 1.165) is 17.9 Å². The van der Waals surface area contributed by atoms with Crippen molar-refractivity contribution in [2.24, 2.45) is 5.41 Å². The van der Waals surface area contributed by atoms with Crippen LogP contribution < -0.4 is 19.5 Å². The number of Topliss-reactive ketones (excluding diaryl/α,β-unsaturated/α-hetero) is 1. The second-order valence-corrected chi connectivity index (χ2v) is 9.43. The fraction of sp³-hybridized carbons (Fsp3) is 0.400. The molecule has 9 heteroatoms. The van der Waals surface area contributed by atoms with Crippen molar-refractivity contribution in [3.63, 3.8) is 0 Å². The van der Waals surface area contributed by atoms with Gasteiger partial charge in [0, 0.05) is 23.3 Å². The molecular weight excluding hydrogens is 436 g/mol. The smallest absolute Gasteiger partial charge is 0.227 e. The molecule has 178 valence electrons. The molecule has 0 saturated carbocycles. The number of nitrogens with zero attached hydrogens (tertiary/aromatic N) is 3. The second kappa shape index (κ2) is 7.93. The number of anilines is 1. The normalized spacial score (nSPS) is 18.8. The van der Waals surface area contributed by atoms with Gasteiger partial charge in [0.1, 0.15) is 17.6 Å². The van der Waals surface area contributed by atoms with Gasteiger partial charge in [-0.1, -0.05) is 13.8 Å². The van der Waals surface area contributed by atoms with Crippen LogP contribution in [0.3, 0.4) is 0 Å². The van der Waals surface area contributed by atoms with Crippen LogP contribution in [-0.4, -0.2) is 41.9 Å². The Bertz CT molecular complexity index is 1290. The van der Waals surface area contributed by atoms with E-state index >= 15 is 0 Å². The van der Waals surface area contributed by atoms with Crippen molar-refractivity contribution in [1.82, 2.24) is 14.8 Å². The lowest BCUT2D eigenvalue weighted by Gasteiger charge is -2.37. The van der Waals surface area contributed by atoms with Gasteiger partial charge < -0.3 is 23.9 Å². The van der Waals surface area contributed by atoms with E-state index in [0.29, 0.717) is 52.3 Å². The predicted molar refractivity (Wildman–Crippen MR) is 125 cm³/mol. The Kier molecular flexibility index (Phi) is 5.15. The maximum Gasteiger partial charge on any atom is 0.227 e. The Balaban J connectivity index is 1.66. The van der Waals surface area contributed by atoms with Gasteiger partial charge in [-0.25, -0.2) is 4.68 Å². The van der Waals surface area contributed by atoms with Gasteiger partial charge in [-0.2, -0.15) is 4.98 Å². The van der Waals surface area contributed by atoms with Crippen molar-refractivity contribution >= 4 is 11.7 Å². The molecule has 0 fully saturated rings. The first-order valence-electron chi connectivity index (χ1n) is 11.1. The molecule has 1 unspecified atom stereocenters. The highest BCUT2D eigenvalue weighted by Gasteiger charge is 2.43. The summed E-state index contributed by atoms with van der Waals surface area (Å²) in [4.78, 5) is 18.1. The van der Waals surface area contributed by atoms with Gasteiger partial charge in [0.15, 0.2) is 23.1 Å². The summed E-state index contributed by atoms with van der Waals surface area (Å²) in [6.07, 6.45) is 1.20. The minimum absolute atomic E-state index is 0.0910. The molecule has 2 aliphatic rings. The summed E-state index contributed by atoms with van der Waals surface area (Å²) >= 11 is 0. The number of aryl methyl sites for hydroxylation is 1. The van der Waals surface area contributed by atoms with Gasteiger partial charge >= 0.3 is 0 Å². The minimum atomic E-state index is -0.494. The average molecular weight is 465 g/mol. The van der Waals surface area contributed by atoms with Gasteiger partial charge in [0.25, 0.3) is 0 Å². The number of methoxy groups -OCH3 is 3. The van der Waals surface area contributed by atoms with Gasteiger partial charge in [-0.05, 0) is 43.0 Å². The number of hydrogen-bond donors (Lipinski definition) is 1. The highest BCUT2D eigenvalue weighted by atomic mass is 16.5. The Morgan fingerprint density at radius 3 is 2.38 bits per heavy atom. The molecule has 1 N–H and O–H groups in total. The second-order valence-electron chi connectivity index (χ2n) is 9.43. The van der Waals surface area contributed by atoms with Crippen LogP contribution in [0.2, 0.25) is 0 Å². The number of carbonyl (C=O) groups excluding carboxylic acids is 1. The van der Waals surface area contributed by atoms with Gasteiger partial charge in [0.05, 0.1) is 21.3 Å². The zero-order valence-corrected chi connectivity index (χ0v) is 20.2. The number of aromatic nitrogens is 3. The maximum atomic E-state index is 13.3. The van der Waals surface area contributed by atoms with Crippen molar-refractivity contribution in [3.05, 3.63) is 47.1 Å². The Hall–Kier alpha value is -3.75. The number of allylic oxidation sites excluding steroid dienone is 2. The fourth-order valence-electron chi connectivity index (χ4n) is 4.80. The van der Waals surface area contributed by atoms with Crippen LogP contribution in [0.4, 0.5) is 5.95 Å². The van der Waals surface area contributed by atoms with Crippen molar-refractivity contribution in [2.45, 2.75) is 39.7 Å². The number of furan rings is 1. The third-order valence-corrected chi connectivity index (χ3v) is 6.29. The summed E-state index contributed by atoms with van der Waals surface area (Å²) in [6.45, 7) is 6.08. The minimum Gasteiger partial charge on any atom is -0.493 e. The number of ketones is 1. The third-order valence-electron chi connectivity index (χ3n) is 6.29. The van der Waals surface area contributed by atoms with E-state index < -0.39 is 6.04 Å². The lowest BCUT2D eigenvalue weighted by molar-refractivity contribution is -0.118. The van der Waals surface area contributed by atoms with Crippen LogP contribution in [0.15, 0.2) is 40.0 Å². The fourth-order valence-corrected chi connectivity index (χ4v) is 4.80. The van der Waals surface area contributed by atoms with Crippen molar-refractivity contribution < 1.29 is 23.4 Å². The number of benzene rings is 1. The quantitative estimate of drug-likeness (QED) is 0.588. The van der Waals surface area contributed by atoms with Crippen LogP contribution in [0, 0.1) is 12.3 Å². The molecule has 0 saturated heterocycles. The van der Waals surface area contributed by atoms with Crippen molar-refractivity contribution in [1.29, 1.82) is 0 Å². The molecule has 0 spiro atoms. The maximum absolute atomic E-state index is 13.3. The first-order chi connectivity index (χ1) is 16.2. The molecule has 3 heterocycles. The van der Waals surface area contributed by atoms with Gasteiger partial charge in [0.2, 0.25) is 11.7 Å². The SMILES string of the molecule is COc1cc(-c2nc3n(n2)C(c2ccc(C)o2)C2=C(CC(C)(C)CC2=O)N3)cc(OC)c1OC.